The van der Waals surface area contributed by atoms with Crippen LogP contribution in [0.5, 0.6) is 0 Å². The van der Waals surface area contributed by atoms with Gasteiger partial charge in [-0.25, -0.2) is 18.1 Å². The van der Waals surface area contributed by atoms with Crippen molar-refractivity contribution >= 4 is 21.4 Å². The number of hydrogen-bond acceptors (Lipinski definition) is 5. The van der Waals surface area contributed by atoms with Gasteiger partial charge in [0.2, 0.25) is 10.0 Å². The molecule has 0 spiro atoms. The van der Waals surface area contributed by atoms with E-state index in [1.165, 1.54) is 11.3 Å². The molecule has 2 heterocycles. The van der Waals surface area contributed by atoms with E-state index in [0.29, 0.717) is 17.9 Å². The van der Waals surface area contributed by atoms with Crippen molar-refractivity contribution in [1.29, 1.82) is 0 Å². The number of aromatic nitrogens is 2. The summed E-state index contributed by atoms with van der Waals surface area (Å²) in [6.07, 6.45) is 4.04. The summed E-state index contributed by atoms with van der Waals surface area (Å²) in [6, 6.07) is 7.61. The predicted octanol–water partition coefficient (Wildman–Crippen LogP) is 3.65. The largest absolute Gasteiger partial charge is 0.264 e. The summed E-state index contributed by atoms with van der Waals surface area (Å²) < 4.78 is 28.0. The number of rotatable bonds is 6. The summed E-state index contributed by atoms with van der Waals surface area (Å²) in [4.78, 5) is 9.03. The van der Waals surface area contributed by atoms with Gasteiger partial charge in [0, 0.05) is 36.3 Å². The molecule has 5 nitrogen and oxygen atoms in total. The van der Waals surface area contributed by atoms with E-state index < -0.39 is 10.0 Å². The molecule has 1 aromatic carbocycles. The molecular formula is C19H21N3O2S2. The van der Waals surface area contributed by atoms with Gasteiger partial charge in [-0.15, -0.1) is 11.3 Å². The van der Waals surface area contributed by atoms with E-state index >= 15 is 0 Å². The summed E-state index contributed by atoms with van der Waals surface area (Å²) in [5.41, 5.74) is 4.43. The lowest BCUT2D eigenvalue weighted by Crippen LogP contribution is -2.27. The Labute approximate surface area is 158 Å². The van der Waals surface area contributed by atoms with Gasteiger partial charge in [0.25, 0.3) is 0 Å². The molecular weight excluding hydrogens is 366 g/mol. The van der Waals surface area contributed by atoms with Crippen molar-refractivity contribution in [1.82, 2.24) is 14.7 Å². The molecule has 7 heteroatoms. The van der Waals surface area contributed by atoms with E-state index in [0.717, 1.165) is 33.0 Å². The molecule has 0 fully saturated rings. The Balaban J connectivity index is 1.68. The molecule has 0 saturated carbocycles. The van der Waals surface area contributed by atoms with Gasteiger partial charge in [-0.2, -0.15) is 0 Å². The van der Waals surface area contributed by atoms with Crippen LogP contribution in [0.4, 0.5) is 0 Å². The predicted molar refractivity (Wildman–Crippen MR) is 105 cm³/mol. The van der Waals surface area contributed by atoms with Crippen LogP contribution in [0.3, 0.4) is 0 Å². The van der Waals surface area contributed by atoms with Crippen LogP contribution in [-0.4, -0.2) is 24.9 Å². The lowest BCUT2D eigenvalue weighted by molar-refractivity contribution is 0.580. The Hall–Kier alpha value is -2.09. The van der Waals surface area contributed by atoms with Gasteiger partial charge in [-0.05, 0) is 44.0 Å². The molecule has 136 valence electrons. The smallest absolute Gasteiger partial charge is 0.241 e. The van der Waals surface area contributed by atoms with Crippen LogP contribution in [-0.2, 0) is 16.4 Å². The van der Waals surface area contributed by atoms with Crippen molar-refractivity contribution in [3.8, 4) is 10.6 Å². The first-order chi connectivity index (χ1) is 12.4. The van der Waals surface area contributed by atoms with Crippen molar-refractivity contribution in [2.45, 2.75) is 32.1 Å². The van der Waals surface area contributed by atoms with Crippen LogP contribution in [0, 0.1) is 20.8 Å². The monoisotopic (exact) mass is 387 g/mol. The standard InChI is InChI=1S/C19H21N3O2S2/c1-13-9-14(2)18(15(3)10-13)26(23,24)21-8-6-17-12-25-19(22-17)16-5-4-7-20-11-16/h4-5,7,9-12,21H,6,8H2,1-3H3. The minimum atomic E-state index is -3.54. The zero-order valence-electron chi connectivity index (χ0n) is 15.0. The number of hydrogen-bond donors (Lipinski definition) is 1. The van der Waals surface area contributed by atoms with Gasteiger partial charge in [0.15, 0.2) is 0 Å². The van der Waals surface area contributed by atoms with E-state index in [9.17, 15) is 8.42 Å². The lowest BCUT2D eigenvalue weighted by Gasteiger charge is -2.12. The molecule has 0 saturated heterocycles. The van der Waals surface area contributed by atoms with E-state index in [2.05, 4.69) is 14.7 Å². The third-order valence-electron chi connectivity index (χ3n) is 4.01. The Morgan fingerprint density at radius 2 is 1.88 bits per heavy atom. The maximum atomic E-state index is 12.7. The van der Waals surface area contributed by atoms with E-state index in [1.54, 1.807) is 12.4 Å². The maximum Gasteiger partial charge on any atom is 0.241 e. The van der Waals surface area contributed by atoms with Gasteiger partial charge in [0.05, 0.1) is 10.6 Å². The van der Waals surface area contributed by atoms with Crippen LogP contribution < -0.4 is 4.72 Å². The molecule has 0 unspecified atom stereocenters. The second-order valence-electron chi connectivity index (χ2n) is 6.26. The number of pyridine rings is 1. The minimum absolute atomic E-state index is 0.311. The fourth-order valence-corrected chi connectivity index (χ4v) is 5.35. The highest BCUT2D eigenvalue weighted by molar-refractivity contribution is 7.89. The summed E-state index contributed by atoms with van der Waals surface area (Å²) in [7, 11) is -3.54. The zero-order chi connectivity index (χ0) is 18.7. The van der Waals surface area contributed by atoms with E-state index in [-0.39, 0.29) is 0 Å². The number of sulfonamides is 1. The lowest BCUT2D eigenvalue weighted by atomic mass is 10.1. The second-order valence-corrected chi connectivity index (χ2v) is 8.82. The quantitative estimate of drug-likeness (QED) is 0.701. The molecule has 26 heavy (non-hydrogen) atoms. The third-order valence-corrected chi connectivity index (χ3v) is 6.71. The minimum Gasteiger partial charge on any atom is -0.264 e. The van der Waals surface area contributed by atoms with Gasteiger partial charge < -0.3 is 0 Å². The Kier molecular flexibility index (Phi) is 5.50. The van der Waals surface area contributed by atoms with Crippen LogP contribution >= 0.6 is 11.3 Å². The van der Waals surface area contributed by atoms with Crippen molar-refractivity contribution in [3.63, 3.8) is 0 Å². The molecule has 0 atom stereocenters. The van der Waals surface area contributed by atoms with Gasteiger partial charge in [-0.3, -0.25) is 4.98 Å². The summed E-state index contributed by atoms with van der Waals surface area (Å²) in [5, 5.41) is 2.85. The van der Waals surface area contributed by atoms with Gasteiger partial charge >= 0.3 is 0 Å². The fourth-order valence-electron chi connectivity index (χ4n) is 3.02. The molecule has 2 aromatic heterocycles. The van der Waals surface area contributed by atoms with Crippen molar-refractivity contribution < 1.29 is 8.42 Å². The zero-order valence-corrected chi connectivity index (χ0v) is 16.6. The number of thiazole rings is 1. The van der Waals surface area contributed by atoms with E-state index in [4.69, 9.17) is 0 Å². The van der Waals surface area contributed by atoms with Gasteiger partial charge in [0.1, 0.15) is 5.01 Å². The average molecular weight is 388 g/mol. The number of nitrogens with one attached hydrogen (secondary N) is 1. The van der Waals surface area contributed by atoms with Crippen molar-refractivity contribution in [2.24, 2.45) is 0 Å². The molecule has 0 aliphatic heterocycles. The van der Waals surface area contributed by atoms with E-state index in [1.807, 2.05) is 50.4 Å². The van der Waals surface area contributed by atoms with Crippen LogP contribution in [0.2, 0.25) is 0 Å². The SMILES string of the molecule is Cc1cc(C)c(S(=O)(=O)NCCc2csc(-c3cccnc3)n2)c(C)c1. The Bertz CT molecular complexity index is 989. The van der Waals surface area contributed by atoms with Gasteiger partial charge in [-0.1, -0.05) is 17.7 Å². The molecule has 3 rings (SSSR count). The highest BCUT2D eigenvalue weighted by Gasteiger charge is 2.19. The summed E-state index contributed by atoms with van der Waals surface area (Å²) in [6.45, 7) is 5.93. The van der Waals surface area contributed by atoms with Crippen LogP contribution in [0.1, 0.15) is 22.4 Å². The topological polar surface area (TPSA) is 72.0 Å². The molecule has 1 N–H and O–H groups in total. The Morgan fingerprint density at radius 1 is 1.15 bits per heavy atom. The van der Waals surface area contributed by atoms with Crippen molar-refractivity contribution in [2.75, 3.05) is 6.54 Å². The first kappa shape index (κ1) is 18.7. The molecule has 3 aromatic rings. The molecule has 0 amide bonds. The highest BCUT2D eigenvalue weighted by atomic mass is 32.2. The second kappa shape index (κ2) is 7.65. The molecule has 0 aliphatic carbocycles. The fraction of sp³-hybridized carbons (Fsp3) is 0.263. The molecule has 0 bridgehead atoms. The summed E-state index contributed by atoms with van der Waals surface area (Å²) >= 11 is 1.54. The first-order valence-corrected chi connectivity index (χ1v) is 10.7. The molecule has 0 radical (unpaired) electrons. The third kappa shape index (κ3) is 4.17. The van der Waals surface area contributed by atoms with Crippen LogP contribution in [0.15, 0.2) is 46.9 Å². The Morgan fingerprint density at radius 3 is 2.54 bits per heavy atom. The normalized spacial score (nSPS) is 11.7. The maximum absolute atomic E-state index is 12.7. The number of benzene rings is 1. The van der Waals surface area contributed by atoms with Crippen molar-refractivity contribution in [3.05, 3.63) is 64.4 Å². The average Bonchev–Trinajstić information content (AvgIpc) is 3.03. The molecule has 0 aliphatic rings. The van der Waals surface area contributed by atoms with Crippen LogP contribution in [0.25, 0.3) is 10.6 Å². The summed E-state index contributed by atoms with van der Waals surface area (Å²) in [5.74, 6) is 0. The number of nitrogens with zero attached hydrogens (tertiary/aromatic N) is 2. The highest BCUT2D eigenvalue weighted by Crippen LogP contribution is 2.23. The number of aryl methyl sites for hydroxylation is 3. The first-order valence-electron chi connectivity index (χ1n) is 8.29.